The van der Waals surface area contributed by atoms with Gasteiger partial charge in [0.25, 0.3) is 0 Å². The minimum atomic E-state index is -4.69. The molecule has 17 heteroatoms. The fourth-order valence-corrected chi connectivity index (χ4v) is 7.46. The van der Waals surface area contributed by atoms with Gasteiger partial charge in [-0.3, -0.25) is 9.59 Å². The molecule has 0 radical (unpaired) electrons. The van der Waals surface area contributed by atoms with Crippen LogP contribution in [-0.4, -0.2) is 47.7 Å². The Labute approximate surface area is 363 Å². The van der Waals surface area contributed by atoms with Gasteiger partial charge >= 0.3 is 30.5 Å². The van der Waals surface area contributed by atoms with Gasteiger partial charge in [0.1, 0.15) is 11.5 Å². The molecule has 0 amide bonds. The van der Waals surface area contributed by atoms with Crippen LogP contribution in [0.2, 0.25) is 10.0 Å². The maximum absolute atomic E-state index is 12.8. The van der Waals surface area contributed by atoms with Gasteiger partial charge in [-0.05, 0) is 94.8 Å². The van der Waals surface area contributed by atoms with E-state index in [2.05, 4.69) is 0 Å². The number of carbonyl (C=O) groups is 2. The standard InChI is InChI=1S/C24H26ClF3O3.C21H19ClF6O3/c1-14(2)16-6-8-17(9-7-16)19-11-18(20(23(29)30)10-15-4-3-5-15)12-21(25)22(19)31-13-24(26,27)28;1-11(2)7-15(19(29)30)13-8-16(22)18(17(9-13)31-10-20(23,24)25)12-3-5-14(6-4-12)21(26,27)28/h6-9,11-12,14-15,20H,3-5,10,13H2,1-2H3,(H,29,30);3-6,8-9,11,15H,7,10H2,1-2H3,(H,29,30)/t20-;15-/m10/s1. The summed E-state index contributed by atoms with van der Waals surface area (Å²) in [6.45, 7) is 4.50. The SMILES string of the molecule is CC(C)C[C@H](C(=O)O)c1cc(Cl)c(-c2ccc(C(F)(F)F)cc2)c(OCC(F)(F)F)c1.CC(C)c1ccc(-c2cc([C@@H](CC3CCC3)C(=O)O)cc(Cl)c2OCC(F)(F)F)cc1. The number of hydrogen-bond acceptors (Lipinski definition) is 4. The zero-order valence-corrected chi connectivity index (χ0v) is 35.5. The van der Waals surface area contributed by atoms with Crippen molar-refractivity contribution < 1.29 is 68.8 Å². The molecule has 2 N–H and O–H groups in total. The highest BCUT2D eigenvalue weighted by Gasteiger charge is 2.34. The zero-order chi connectivity index (χ0) is 46.3. The fourth-order valence-electron chi connectivity index (χ4n) is 6.85. The average molecular weight is 924 g/mol. The van der Waals surface area contributed by atoms with Gasteiger partial charge in [-0.2, -0.15) is 39.5 Å². The van der Waals surface area contributed by atoms with Crippen molar-refractivity contribution in [1.82, 2.24) is 0 Å². The number of ether oxygens (including phenoxy) is 2. The van der Waals surface area contributed by atoms with Crippen molar-refractivity contribution in [1.29, 1.82) is 0 Å². The molecule has 4 aromatic rings. The van der Waals surface area contributed by atoms with Gasteiger partial charge in [-0.1, -0.05) is 107 Å². The van der Waals surface area contributed by atoms with Crippen LogP contribution >= 0.6 is 23.2 Å². The predicted molar refractivity (Wildman–Crippen MR) is 218 cm³/mol. The third-order valence-corrected chi connectivity index (χ3v) is 10.8. The van der Waals surface area contributed by atoms with E-state index < -0.39 is 61.1 Å². The van der Waals surface area contributed by atoms with Gasteiger partial charge in [0, 0.05) is 11.1 Å². The van der Waals surface area contributed by atoms with Crippen LogP contribution in [0, 0.1) is 11.8 Å². The fraction of sp³-hybridized carbons (Fsp3) is 0.422. The number of rotatable bonds is 15. The molecule has 1 saturated carbocycles. The van der Waals surface area contributed by atoms with Crippen LogP contribution in [0.5, 0.6) is 11.5 Å². The Morgan fingerprint density at radius 1 is 0.677 bits per heavy atom. The number of aliphatic carboxylic acids is 2. The first-order valence-corrected chi connectivity index (χ1v) is 20.3. The Hall–Kier alpha value is -4.63. The van der Waals surface area contributed by atoms with Crippen LogP contribution in [0.1, 0.15) is 99.8 Å². The molecule has 0 spiro atoms. The molecule has 1 aliphatic carbocycles. The number of hydrogen-bond donors (Lipinski definition) is 2. The van der Waals surface area contributed by atoms with Crippen LogP contribution in [0.3, 0.4) is 0 Å². The van der Waals surface area contributed by atoms with Gasteiger partial charge in [-0.15, -0.1) is 0 Å². The monoisotopic (exact) mass is 922 g/mol. The van der Waals surface area contributed by atoms with Crippen LogP contribution in [0.15, 0.2) is 72.8 Å². The molecule has 338 valence electrons. The molecule has 0 aliphatic heterocycles. The Morgan fingerprint density at radius 3 is 1.66 bits per heavy atom. The van der Waals surface area contributed by atoms with Crippen molar-refractivity contribution >= 4 is 35.1 Å². The molecule has 2 atom stereocenters. The van der Waals surface area contributed by atoms with E-state index in [0.29, 0.717) is 34.9 Å². The summed E-state index contributed by atoms with van der Waals surface area (Å²) in [5.41, 5.74) is 1.78. The Morgan fingerprint density at radius 2 is 1.19 bits per heavy atom. The van der Waals surface area contributed by atoms with Crippen molar-refractivity contribution in [2.24, 2.45) is 11.8 Å². The largest absolute Gasteiger partial charge is 0.483 e. The number of carboxylic acid groups (broad SMARTS) is 2. The summed E-state index contributed by atoms with van der Waals surface area (Å²) >= 11 is 12.6. The molecule has 1 aliphatic rings. The van der Waals surface area contributed by atoms with Gasteiger partial charge in [-0.25, -0.2) is 0 Å². The first-order chi connectivity index (χ1) is 28.7. The molecule has 0 saturated heterocycles. The van der Waals surface area contributed by atoms with Crippen molar-refractivity contribution in [2.45, 2.75) is 96.1 Å². The minimum Gasteiger partial charge on any atom is -0.483 e. The molecular formula is C45H45Cl2F9O6. The summed E-state index contributed by atoms with van der Waals surface area (Å²) in [4.78, 5) is 23.7. The van der Waals surface area contributed by atoms with E-state index in [1.165, 1.54) is 12.1 Å². The first-order valence-electron chi connectivity index (χ1n) is 19.5. The van der Waals surface area contributed by atoms with Crippen LogP contribution in [-0.2, 0) is 15.8 Å². The molecular weight excluding hydrogens is 878 g/mol. The Balaban J connectivity index is 0.000000273. The number of benzene rings is 4. The van der Waals surface area contributed by atoms with Crippen molar-refractivity contribution in [2.75, 3.05) is 13.2 Å². The van der Waals surface area contributed by atoms with E-state index in [1.54, 1.807) is 32.0 Å². The zero-order valence-electron chi connectivity index (χ0n) is 33.9. The Kier molecular flexibility index (Phi) is 16.7. The van der Waals surface area contributed by atoms with Crippen molar-refractivity contribution in [3.05, 3.63) is 105 Å². The van der Waals surface area contributed by atoms with E-state index in [0.717, 1.165) is 55.2 Å². The quantitative estimate of drug-likeness (QED) is 0.115. The lowest BCUT2D eigenvalue weighted by molar-refractivity contribution is -0.154. The highest BCUT2D eigenvalue weighted by Crippen LogP contribution is 2.45. The summed E-state index contributed by atoms with van der Waals surface area (Å²) in [5.74, 6) is -3.82. The second kappa shape index (κ2) is 20.7. The predicted octanol–water partition coefficient (Wildman–Crippen LogP) is 14.6. The molecule has 0 heterocycles. The van der Waals surface area contributed by atoms with Gasteiger partial charge in [0.15, 0.2) is 13.2 Å². The molecule has 6 nitrogen and oxygen atoms in total. The van der Waals surface area contributed by atoms with E-state index in [9.17, 15) is 59.3 Å². The molecule has 62 heavy (non-hydrogen) atoms. The molecule has 0 aromatic heterocycles. The van der Waals surface area contributed by atoms with E-state index in [4.69, 9.17) is 32.7 Å². The van der Waals surface area contributed by atoms with E-state index >= 15 is 0 Å². The second-order valence-corrected chi connectivity index (χ2v) is 16.7. The lowest BCUT2D eigenvalue weighted by Crippen LogP contribution is -2.21. The third kappa shape index (κ3) is 14.2. The molecule has 1 fully saturated rings. The van der Waals surface area contributed by atoms with Gasteiger partial charge in [0.05, 0.1) is 27.4 Å². The lowest BCUT2D eigenvalue weighted by atomic mass is 9.77. The summed E-state index contributed by atoms with van der Waals surface area (Å²) in [5, 5.41) is 19.2. The second-order valence-electron chi connectivity index (χ2n) is 15.9. The van der Waals surface area contributed by atoms with Crippen molar-refractivity contribution in [3.8, 4) is 33.8 Å². The molecule has 0 bridgehead atoms. The normalized spacial score (nSPS) is 14.5. The number of alkyl halides is 9. The highest BCUT2D eigenvalue weighted by atomic mass is 35.5. The van der Waals surface area contributed by atoms with Gasteiger partial charge in [0.2, 0.25) is 0 Å². The average Bonchev–Trinajstić information content (AvgIpc) is 3.13. The maximum Gasteiger partial charge on any atom is 0.422 e. The topological polar surface area (TPSA) is 93.1 Å². The third-order valence-electron chi connectivity index (χ3n) is 10.2. The van der Waals surface area contributed by atoms with E-state index in [-0.39, 0.29) is 50.6 Å². The van der Waals surface area contributed by atoms with E-state index in [1.807, 2.05) is 26.0 Å². The smallest absolute Gasteiger partial charge is 0.422 e. The summed E-state index contributed by atoms with van der Waals surface area (Å²) in [6.07, 6.45) is -10.0. The summed E-state index contributed by atoms with van der Waals surface area (Å²) < 4.78 is 125. The van der Waals surface area contributed by atoms with Crippen LogP contribution in [0.4, 0.5) is 39.5 Å². The highest BCUT2D eigenvalue weighted by molar-refractivity contribution is 6.34. The molecule has 4 aromatic carbocycles. The van der Waals surface area contributed by atoms with Crippen molar-refractivity contribution in [3.63, 3.8) is 0 Å². The molecule has 5 rings (SSSR count). The first kappa shape index (κ1) is 50.0. The summed E-state index contributed by atoms with van der Waals surface area (Å²) in [6, 6.07) is 16.5. The van der Waals surface area contributed by atoms with Crippen LogP contribution < -0.4 is 9.47 Å². The van der Waals surface area contributed by atoms with Crippen LogP contribution in [0.25, 0.3) is 22.3 Å². The molecule has 0 unspecified atom stereocenters. The Bertz CT molecular complexity index is 2150. The maximum atomic E-state index is 12.8. The number of halogens is 11. The lowest BCUT2D eigenvalue weighted by Gasteiger charge is -2.28. The number of carboxylic acids is 2. The minimum absolute atomic E-state index is 0.0236. The van der Waals surface area contributed by atoms with Gasteiger partial charge < -0.3 is 19.7 Å². The summed E-state index contributed by atoms with van der Waals surface area (Å²) in [7, 11) is 0.